The number of hydrogen-bond acceptors (Lipinski definition) is 10. The quantitative estimate of drug-likeness (QED) is 0.412. The Labute approximate surface area is 235 Å². The lowest BCUT2D eigenvalue weighted by atomic mass is 10.1. The van der Waals surface area contributed by atoms with E-state index in [9.17, 15) is 4.79 Å². The Morgan fingerprint density at radius 3 is 2.55 bits per heavy atom. The number of piperazine rings is 1. The summed E-state index contributed by atoms with van der Waals surface area (Å²) in [5.41, 5.74) is 3.99. The number of fused-ring (bicyclic) bond motifs is 1. The summed E-state index contributed by atoms with van der Waals surface area (Å²) in [6.07, 6.45) is 6.20. The van der Waals surface area contributed by atoms with Gasteiger partial charge in [-0.25, -0.2) is 9.97 Å². The van der Waals surface area contributed by atoms with Crippen molar-refractivity contribution in [2.24, 2.45) is 11.0 Å². The lowest BCUT2D eigenvalue weighted by Gasteiger charge is -2.35. The van der Waals surface area contributed by atoms with E-state index >= 15 is 0 Å². The van der Waals surface area contributed by atoms with E-state index in [2.05, 4.69) is 25.2 Å². The first kappa shape index (κ1) is 26.8. The third kappa shape index (κ3) is 6.31. The number of nitrogens with zero attached hydrogens (tertiary/aromatic N) is 6. The summed E-state index contributed by atoms with van der Waals surface area (Å²) in [5.74, 6) is 3.60. The topological polar surface area (TPSA) is 105 Å². The molecule has 3 aliphatic heterocycles. The van der Waals surface area contributed by atoms with Gasteiger partial charge in [-0.2, -0.15) is 5.10 Å². The van der Waals surface area contributed by atoms with Gasteiger partial charge < -0.3 is 24.0 Å². The lowest BCUT2D eigenvalue weighted by molar-refractivity contribution is -0.137. The molecule has 214 valence electrons. The highest BCUT2D eigenvalue weighted by atomic mass is 16.7. The molecule has 11 heteroatoms. The van der Waals surface area contributed by atoms with Crippen molar-refractivity contribution in [3.63, 3.8) is 0 Å². The monoisotopic (exact) mass is 549 g/mol. The van der Waals surface area contributed by atoms with Crippen LogP contribution in [0.3, 0.4) is 0 Å². The van der Waals surface area contributed by atoms with E-state index in [1.807, 2.05) is 38.1 Å². The summed E-state index contributed by atoms with van der Waals surface area (Å²) >= 11 is 0. The minimum absolute atomic E-state index is 0.235. The van der Waals surface area contributed by atoms with Crippen molar-refractivity contribution in [3.8, 4) is 11.5 Å². The third-order valence-electron chi connectivity index (χ3n) is 7.92. The van der Waals surface area contributed by atoms with Crippen LogP contribution in [0.1, 0.15) is 50.9 Å². The minimum Gasteiger partial charge on any atom is -0.449 e. The number of hydrazone groups is 1. The van der Waals surface area contributed by atoms with Crippen LogP contribution in [0.2, 0.25) is 0 Å². The Morgan fingerprint density at radius 1 is 1.02 bits per heavy atom. The highest BCUT2D eigenvalue weighted by Gasteiger charge is 2.32. The Bertz CT molecular complexity index is 1230. The van der Waals surface area contributed by atoms with E-state index in [0.717, 1.165) is 75.1 Å². The Balaban J connectivity index is 1.12. The molecule has 4 heterocycles. The van der Waals surface area contributed by atoms with Gasteiger partial charge in [-0.3, -0.25) is 15.1 Å². The number of morpholine rings is 1. The number of rotatable bonds is 7. The second-order valence-electron chi connectivity index (χ2n) is 11.4. The molecule has 1 saturated carbocycles. The zero-order valence-electron chi connectivity index (χ0n) is 23.5. The average molecular weight is 550 g/mol. The van der Waals surface area contributed by atoms with Gasteiger partial charge in [0.05, 0.1) is 26.0 Å². The van der Waals surface area contributed by atoms with Crippen LogP contribution in [0.5, 0.6) is 11.5 Å². The molecule has 2 aromatic rings. The highest BCUT2D eigenvalue weighted by molar-refractivity contribution is 5.81. The van der Waals surface area contributed by atoms with E-state index in [4.69, 9.17) is 24.2 Å². The van der Waals surface area contributed by atoms with Gasteiger partial charge in [0.1, 0.15) is 11.6 Å². The molecule has 40 heavy (non-hydrogen) atoms. The minimum atomic E-state index is -0.665. The largest absolute Gasteiger partial charge is 0.449 e. The van der Waals surface area contributed by atoms with Gasteiger partial charge >= 0.3 is 0 Å². The number of anilines is 2. The third-order valence-corrected chi connectivity index (χ3v) is 7.92. The van der Waals surface area contributed by atoms with E-state index in [0.29, 0.717) is 37.2 Å². The number of carbonyl (C=O) groups excluding carboxylic acids is 1. The van der Waals surface area contributed by atoms with Crippen LogP contribution in [0.4, 0.5) is 11.6 Å². The van der Waals surface area contributed by atoms with Gasteiger partial charge in [-0.1, -0.05) is 12.8 Å². The molecule has 2 saturated heterocycles. The fraction of sp³-hybridized carbons (Fsp3) is 0.586. The smallest absolute Gasteiger partial charge is 0.246 e. The molecule has 0 bridgehead atoms. The first-order valence-corrected chi connectivity index (χ1v) is 14.4. The number of nitrogens with one attached hydrogen (secondary N) is 1. The zero-order chi connectivity index (χ0) is 27.5. The fourth-order valence-corrected chi connectivity index (χ4v) is 5.82. The van der Waals surface area contributed by atoms with Crippen LogP contribution in [0, 0.1) is 5.92 Å². The molecule has 1 aromatic carbocycles. The first-order chi connectivity index (χ1) is 19.4. The van der Waals surface area contributed by atoms with Gasteiger partial charge in [-0.05, 0) is 36.6 Å². The van der Waals surface area contributed by atoms with Crippen molar-refractivity contribution in [3.05, 3.63) is 35.7 Å². The maximum absolute atomic E-state index is 12.8. The van der Waals surface area contributed by atoms with Crippen LogP contribution < -0.4 is 19.8 Å². The first-order valence-electron chi connectivity index (χ1n) is 14.4. The Kier molecular flexibility index (Phi) is 7.75. The Morgan fingerprint density at radius 2 is 1.77 bits per heavy atom. The molecule has 0 atom stereocenters. The van der Waals surface area contributed by atoms with E-state index < -0.39 is 5.79 Å². The molecule has 4 aliphatic rings. The number of ether oxygens (including phenoxy) is 3. The van der Waals surface area contributed by atoms with Crippen molar-refractivity contribution in [1.82, 2.24) is 19.8 Å². The number of carbonyl (C=O) groups is 1. The highest BCUT2D eigenvalue weighted by Crippen LogP contribution is 2.39. The second-order valence-corrected chi connectivity index (χ2v) is 11.4. The average Bonchev–Trinajstić information content (AvgIpc) is 3.60. The number of benzene rings is 1. The van der Waals surface area contributed by atoms with Crippen LogP contribution >= 0.6 is 0 Å². The SMILES string of the molecule is CC1(C)Oc2ccc(/C=N/Nc3cc(N4CCOCC4)nc(CN4CCN(C(=O)C5CCCC5)CC4)n3)cc2O1. The van der Waals surface area contributed by atoms with Crippen LogP contribution in [0.15, 0.2) is 29.4 Å². The molecule has 6 rings (SSSR count). The summed E-state index contributed by atoms with van der Waals surface area (Å²) in [6, 6.07) is 7.69. The predicted octanol–water partition coefficient (Wildman–Crippen LogP) is 3.10. The molecule has 0 spiro atoms. The van der Waals surface area contributed by atoms with E-state index in [-0.39, 0.29) is 5.92 Å². The van der Waals surface area contributed by atoms with Crippen molar-refractivity contribution >= 4 is 23.8 Å². The molecular weight excluding hydrogens is 510 g/mol. The Hall–Kier alpha value is -3.44. The number of hydrogen-bond donors (Lipinski definition) is 1. The molecular formula is C29H39N7O4. The zero-order valence-corrected chi connectivity index (χ0v) is 23.5. The van der Waals surface area contributed by atoms with Crippen LogP contribution in [-0.2, 0) is 16.1 Å². The summed E-state index contributed by atoms with van der Waals surface area (Å²) in [7, 11) is 0. The number of aromatic nitrogens is 2. The fourth-order valence-electron chi connectivity index (χ4n) is 5.82. The van der Waals surface area contributed by atoms with E-state index in [1.165, 1.54) is 12.8 Å². The lowest BCUT2D eigenvalue weighted by Crippen LogP contribution is -2.49. The van der Waals surface area contributed by atoms with Crippen LogP contribution in [0.25, 0.3) is 0 Å². The summed E-state index contributed by atoms with van der Waals surface area (Å²) in [6.45, 7) is 10.5. The summed E-state index contributed by atoms with van der Waals surface area (Å²) in [4.78, 5) is 29.1. The predicted molar refractivity (Wildman–Crippen MR) is 152 cm³/mol. The molecule has 1 N–H and O–H groups in total. The molecule has 0 radical (unpaired) electrons. The standard InChI is InChI=1S/C29H39N7O4/c1-29(2)39-23-8-7-21(17-24(23)40-29)19-30-33-25-18-27(35-13-15-38-16-14-35)32-26(31-25)20-34-9-11-36(12-10-34)28(37)22-5-3-4-6-22/h7-8,17-19,22H,3-6,9-16,20H2,1-2H3,(H,31,32,33)/b30-19+. The van der Waals surface area contributed by atoms with Gasteiger partial charge in [0.2, 0.25) is 11.7 Å². The van der Waals surface area contributed by atoms with E-state index in [1.54, 1.807) is 6.21 Å². The van der Waals surface area contributed by atoms with Gasteiger partial charge in [0.15, 0.2) is 17.3 Å². The molecule has 0 unspecified atom stereocenters. The maximum Gasteiger partial charge on any atom is 0.246 e. The molecule has 3 fully saturated rings. The maximum atomic E-state index is 12.8. The van der Waals surface area contributed by atoms with Gasteiger partial charge in [0, 0.05) is 65.1 Å². The van der Waals surface area contributed by atoms with Gasteiger partial charge in [0.25, 0.3) is 0 Å². The number of amides is 1. The molecule has 1 aromatic heterocycles. The van der Waals surface area contributed by atoms with Crippen molar-refractivity contribution in [2.45, 2.75) is 51.9 Å². The summed E-state index contributed by atoms with van der Waals surface area (Å²) in [5, 5.41) is 4.45. The molecule has 1 amide bonds. The van der Waals surface area contributed by atoms with Crippen LogP contribution in [-0.4, -0.2) is 90.2 Å². The van der Waals surface area contributed by atoms with Crippen molar-refractivity contribution < 1.29 is 19.0 Å². The normalized spacial score (nSPS) is 21.4. The molecule has 1 aliphatic carbocycles. The van der Waals surface area contributed by atoms with Crippen molar-refractivity contribution in [1.29, 1.82) is 0 Å². The summed E-state index contributed by atoms with van der Waals surface area (Å²) < 4.78 is 17.2. The van der Waals surface area contributed by atoms with Gasteiger partial charge in [-0.15, -0.1) is 0 Å². The second kappa shape index (κ2) is 11.6. The molecule has 11 nitrogen and oxygen atoms in total. The van der Waals surface area contributed by atoms with Crippen molar-refractivity contribution in [2.75, 3.05) is 62.8 Å².